The first-order chi connectivity index (χ1) is 8.92. The van der Waals surface area contributed by atoms with Crippen LogP contribution in [0, 0.1) is 10.1 Å². The molecule has 6 nitrogen and oxygen atoms in total. The number of nitrogens with two attached hydrogens (primary N) is 1. The van der Waals surface area contributed by atoms with Gasteiger partial charge in [0.25, 0.3) is 5.69 Å². The van der Waals surface area contributed by atoms with Gasteiger partial charge in [-0.05, 0) is 40.9 Å². The van der Waals surface area contributed by atoms with Gasteiger partial charge in [-0.1, -0.05) is 12.8 Å². The molecule has 0 spiro atoms. The molecule has 1 aliphatic rings. The largest absolute Gasteiger partial charge is 0.324 e. The molecule has 19 heavy (non-hydrogen) atoms. The number of carbonyl (C=O) groups excluding carboxylic acids is 1. The standard InChI is InChI=1S/C12H14BrN3O3/c13-9-7-8(3-4-10(9)16(18)19)15-11(17)12(14)5-1-2-6-12/h3-4,7H,1-2,5-6,14H2,(H,15,17). The molecule has 0 saturated heterocycles. The van der Waals surface area contributed by atoms with E-state index in [0.717, 1.165) is 12.8 Å². The zero-order valence-corrected chi connectivity index (χ0v) is 11.8. The minimum absolute atomic E-state index is 0.0404. The lowest BCUT2D eigenvalue weighted by Gasteiger charge is -2.22. The molecule has 0 heterocycles. The maximum atomic E-state index is 12.1. The zero-order chi connectivity index (χ0) is 14.0. The van der Waals surface area contributed by atoms with Crippen molar-refractivity contribution < 1.29 is 9.72 Å². The Morgan fingerprint density at radius 2 is 2.05 bits per heavy atom. The van der Waals surface area contributed by atoms with Crippen LogP contribution in [0.5, 0.6) is 0 Å². The third-order valence-electron chi connectivity index (χ3n) is 3.35. The summed E-state index contributed by atoms with van der Waals surface area (Å²) in [4.78, 5) is 22.3. The van der Waals surface area contributed by atoms with E-state index >= 15 is 0 Å². The third kappa shape index (κ3) is 2.93. The van der Waals surface area contributed by atoms with Crippen molar-refractivity contribution in [2.45, 2.75) is 31.2 Å². The van der Waals surface area contributed by atoms with Crippen molar-refractivity contribution in [3.05, 3.63) is 32.8 Å². The number of halogens is 1. The summed E-state index contributed by atoms with van der Waals surface area (Å²) in [6, 6.07) is 4.35. The van der Waals surface area contributed by atoms with Crippen molar-refractivity contribution >= 4 is 33.2 Å². The molecule has 3 N–H and O–H groups in total. The van der Waals surface area contributed by atoms with Gasteiger partial charge in [-0.15, -0.1) is 0 Å². The number of rotatable bonds is 3. The summed E-state index contributed by atoms with van der Waals surface area (Å²) < 4.78 is 0.327. The third-order valence-corrected chi connectivity index (χ3v) is 3.99. The monoisotopic (exact) mass is 327 g/mol. The van der Waals surface area contributed by atoms with E-state index in [1.165, 1.54) is 18.2 Å². The smallest absolute Gasteiger partial charge is 0.283 e. The van der Waals surface area contributed by atoms with Crippen LogP contribution in [-0.4, -0.2) is 16.4 Å². The van der Waals surface area contributed by atoms with Crippen LogP contribution in [0.4, 0.5) is 11.4 Å². The SMILES string of the molecule is NC1(C(=O)Nc2ccc([N+](=O)[O-])c(Br)c2)CCCC1. The molecular weight excluding hydrogens is 314 g/mol. The fraction of sp³-hybridized carbons (Fsp3) is 0.417. The summed E-state index contributed by atoms with van der Waals surface area (Å²) in [5, 5.41) is 13.4. The van der Waals surface area contributed by atoms with E-state index < -0.39 is 10.5 Å². The van der Waals surface area contributed by atoms with Gasteiger partial charge in [0.1, 0.15) is 0 Å². The predicted molar refractivity (Wildman–Crippen MR) is 74.8 cm³/mol. The van der Waals surface area contributed by atoms with Gasteiger partial charge in [-0.3, -0.25) is 14.9 Å². The highest BCUT2D eigenvalue weighted by atomic mass is 79.9. The average molecular weight is 328 g/mol. The first kappa shape index (κ1) is 14.0. The summed E-state index contributed by atoms with van der Waals surface area (Å²) in [5.74, 6) is -0.231. The molecule has 0 atom stereocenters. The lowest BCUT2D eigenvalue weighted by Crippen LogP contribution is -2.48. The number of benzene rings is 1. The lowest BCUT2D eigenvalue weighted by molar-refractivity contribution is -0.385. The Kier molecular flexibility index (Phi) is 3.86. The van der Waals surface area contributed by atoms with Crippen LogP contribution < -0.4 is 11.1 Å². The fourth-order valence-electron chi connectivity index (χ4n) is 2.22. The van der Waals surface area contributed by atoms with Crippen LogP contribution in [0.3, 0.4) is 0 Å². The van der Waals surface area contributed by atoms with E-state index in [9.17, 15) is 14.9 Å². The van der Waals surface area contributed by atoms with E-state index in [0.29, 0.717) is 23.0 Å². The fourth-order valence-corrected chi connectivity index (χ4v) is 2.74. The summed E-state index contributed by atoms with van der Waals surface area (Å²) >= 11 is 3.11. The van der Waals surface area contributed by atoms with Crippen molar-refractivity contribution in [1.29, 1.82) is 0 Å². The number of nitro benzene ring substituents is 1. The maximum absolute atomic E-state index is 12.1. The molecule has 102 valence electrons. The summed E-state index contributed by atoms with van der Waals surface area (Å²) in [5.41, 5.74) is 5.68. The molecule has 0 bridgehead atoms. The Balaban J connectivity index is 2.13. The number of nitrogens with one attached hydrogen (secondary N) is 1. The molecule has 7 heteroatoms. The summed E-state index contributed by atoms with van der Waals surface area (Å²) in [6.45, 7) is 0. The minimum atomic E-state index is -0.811. The molecule has 1 amide bonds. The van der Waals surface area contributed by atoms with E-state index in [1.807, 2.05) is 0 Å². The number of amides is 1. The predicted octanol–water partition coefficient (Wildman–Crippen LogP) is 2.57. The first-order valence-electron chi connectivity index (χ1n) is 5.97. The van der Waals surface area contributed by atoms with Gasteiger partial charge < -0.3 is 11.1 Å². The molecule has 1 saturated carbocycles. The molecule has 0 radical (unpaired) electrons. The molecule has 1 aromatic carbocycles. The van der Waals surface area contributed by atoms with Crippen molar-refractivity contribution in [2.24, 2.45) is 5.73 Å². The normalized spacial score (nSPS) is 17.2. The van der Waals surface area contributed by atoms with Gasteiger partial charge in [0.15, 0.2) is 0 Å². The van der Waals surface area contributed by atoms with Crippen LogP contribution in [0.25, 0.3) is 0 Å². The second-order valence-corrected chi connectivity index (χ2v) is 5.60. The second kappa shape index (κ2) is 5.26. The van der Waals surface area contributed by atoms with Gasteiger partial charge >= 0.3 is 0 Å². The van der Waals surface area contributed by atoms with E-state index in [4.69, 9.17) is 5.73 Å². The highest BCUT2D eigenvalue weighted by Gasteiger charge is 2.37. The Bertz CT molecular complexity index is 527. The number of nitro groups is 1. The van der Waals surface area contributed by atoms with Crippen molar-refractivity contribution in [2.75, 3.05) is 5.32 Å². The Morgan fingerprint density at radius 3 is 2.58 bits per heavy atom. The van der Waals surface area contributed by atoms with Crippen molar-refractivity contribution in [3.63, 3.8) is 0 Å². The zero-order valence-electron chi connectivity index (χ0n) is 10.2. The number of hydrogen-bond acceptors (Lipinski definition) is 4. The molecule has 0 unspecified atom stereocenters. The highest BCUT2D eigenvalue weighted by Crippen LogP contribution is 2.31. The second-order valence-electron chi connectivity index (χ2n) is 4.74. The summed E-state index contributed by atoms with van der Waals surface area (Å²) in [6.07, 6.45) is 3.25. The Morgan fingerprint density at radius 1 is 1.42 bits per heavy atom. The first-order valence-corrected chi connectivity index (χ1v) is 6.76. The number of anilines is 1. The van der Waals surface area contributed by atoms with Gasteiger partial charge in [-0.2, -0.15) is 0 Å². The minimum Gasteiger partial charge on any atom is -0.324 e. The van der Waals surface area contributed by atoms with Crippen LogP contribution in [0.2, 0.25) is 0 Å². The van der Waals surface area contributed by atoms with Crippen LogP contribution in [0.1, 0.15) is 25.7 Å². The van der Waals surface area contributed by atoms with Crippen LogP contribution in [-0.2, 0) is 4.79 Å². The van der Waals surface area contributed by atoms with Gasteiger partial charge in [0.2, 0.25) is 5.91 Å². The molecule has 1 aliphatic carbocycles. The molecule has 0 aliphatic heterocycles. The van der Waals surface area contributed by atoms with Crippen LogP contribution >= 0.6 is 15.9 Å². The molecule has 2 rings (SSSR count). The lowest BCUT2D eigenvalue weighted by atomic mass is 9.98. The maximum Gasteiger partial charge on any atom is 0.283 e. The summed E-state index contributed by atoms with van der Waals surface area (Å²) in [7, 11) is 0. The van der Waals surface area contributed by atoms with E-state index in [2.05, 4.69) is 21.2 Å². The van der Waals surface area contributed by atoms with Gasteiger partial charge in [0, 0.05) is 11.8 Å². The van der Waals surface area contributed by atoms with Crippen LogP contribution in [0.15, 0.2) is 22.7 Å². The molecule has 1 aromatic rings. The van der Waals surface area contributed by atoms with Gasteiger partial charge in [0.05, 0.1) is 14.9 Å². The Hall–Kier alpha value is -1.47. The molecule has 0 aromatic heterocycles. The van der Waals surface area contributed by atoms with Crippen molar-refractivity contribution in [3.8, 4) is 0 Å². The molecular formula is C12H14BrN3O3. The van der Waals surface area contributed by atoms with E-state index in [1.54, 1.807) is 0 Å². The number of nitrogens with zero attached hydrogens (tertiary/aromatic N) is 1. The topological polar surface area (TPSA) is 98.3 Å². The van der Waals surface area contributed by atoms with E-state index in [-0.39, 0.29) is 11.6 Å². The quantitative estimate of drug-likeness (QED) is 0.658. The number of hydrogen-bond donors (Lipinski definition) is 2. The molecule has 1 fully saturated rings. The van der Waals surface area contributed by atoms with Gasteiger partial charge in [-0.25, -0.2) is 0 Å². The highest BCUT2D eigenvalue weighted by molar-refractivity contribution is 9.10. The van der Waals surface area contributed by atoms with Crippen molar-refractivity contribution in [1.82, 2.24) is 0 Å². The average Bonchev–Trinajstić information content (AvgIpc) is 2.77. The number of carbonyl (C=O) groups is 1. The Labute approximate surface area is 118 Å².